The molecule has 0 saturated carbocycles. The van der Waals surface area contributed by atoms with E-state index >= 15 is 0 Å². The quantitative estimate of drug-likeness (QED) is 0.507. The van der Waals surface area contributed by atoms with Crippen LogP contribution in [-0.2, 0) is 9.53 Å². The molecular weight excluding hydrogens is 299 g/mol. The van der Waals surface area contributed by atoms with E-state index in [0.717, 1.165) is 30.2 Å². The number of phenols is 1. The molecule has 1 fully saturated rings. The van der Waals surface area contributed by atoms with E-state index in [9.17, 15) is 29.2 Å². The zero-order chi connectivity index (χ0) is 16.5. The standard InChI is InChI=1S/C13H13FN2O6/c1-22-12(19)13(14)4-5-15(7-13)11(18)9-6-8(17)2-3-10(9)16(20)21/h2-3,6,17H,4-5,7H2,1H3. The summed E-state index contributed by atoms with van der Waals surface area (Å²) in [6.07, 6.45) is -0.252. The van der Waals surface area contributed by atoms with Crippen LogP contribution in [0.1, 0.15) is 16.8 Å². The number of hydrogen-bond acceptors (Lipinski definition) is 6. The molecule has 1 aromatic carbocycles. The molecule has 1 amide bonds. The molecule has 1 aromatic rings. The summed E-state index contributed by atoms with van der Waals surface area (Å²) < 4.78 is 18.7. The highest BCUT2D eigenvalue weighted by Gasteiger charge is 2.48. The van der Waals surface area contributed by atoms with E-state index in [2.05, 4.69) is 4.74 Å². The zero-order valence-electron chi connectivity index (χ0n) is 11.6. The van der Waals surface area contributed by atoms with Crippen LogP contribution in [0.4, 0.5) is 10.1 Å². The second-order valence-corrected chi connectivity index (χ2v) is 4.89. The van der Waals surface area contributed by atoms with Crippen molar-refractivity contribution in [3.05, 3.63) is 33.9 Å². The van der Waals surface area contributed by atoms with E-state index in [1.165, 1.54) is 0 Å². The molecule has 118 valence electrons. The number of amides is 1. The van der Waals surface area contributed by atoms with Crippen molar-refractivity contribution in [1.29, 1.82) is 0 Å². The number of alkyl halides is 1. The maximum absolute atomic E-state index is 14.3. The molecule has 22 heavy (non-hydrogen) atoms. The molecule has 1 atom stereocenters. The molecule has 0 aliphatic carbocycles. The molecule has 1 aliphatic rings. The van der Waals surface area contributed by atoms with Crippen LogP contribution in [0, 0.1) is 10.1 Å². The molecule has 9 heteroatoms. The van der Waals surface area contributed by atoms with Crippen molar-refractivity contribution in [2.75, 3.05) is 20.2 Å². The topological polar surface area (TPSA) is 110 Å². The van der Waals surface area contributed by atoms with Gasteiger partial charge in [-0.15, -0.1) is 0 Å². The van der Waals surface area contributed by atoms with Gasteiger partial charge in [0.25, 0.3) is 11.6 Å². The Balaban J connectivity index is 2.29. The lowest BCUT2D eigenvalue weighted by Crippen LogP contribution is -2.39. The van der Waals surface area contributed by atoms with Gasteiger partial charge < -0.3 is 14.7 Å². The van der Waals surface area contributed by atoms with Gasteiger partial charge in [0, 0.05) is 19.0 Å². The molecular formula is C13H13FN2O6. The number of rotatable bonds is 3. The third-order valence-electron chi connectivity index (χ3n) is 3.47. The highest BCUT2D eigenvalue weighted by atomic mass is 19.1. The number of nitro benzene ring substituents is 1. The first-order chi connectivity index (χ1) is 10.3. The number of carbonyl (C=O) groups excluding carboxylic acids is 2. The van der Waals surface area contributed by atoms with Crippen molar-refractivity contribution >= 4 is 17.6 Å². The van der Waals surface area contributed by atoms with Crippen LogP contribution in [0.5, 0.6) is 5.75 Å². The van der Waals surface area contributed by atoms with Gasteiger partial charge >= 0.3 is 5.97 Å². The number of aromatic hydroxyl groups is 1. The minimum absolute atomic E-state index is 0.0861. The summed E-state index contributed by atoms with van der Waals surface area (Å²) >= 11 is 0. The fraction of sp³-hybridized carbons (Fsp3) is 0.385. The predicted molar refractivity (Wildman–Crippen MR) is 71.1 cm³/mol. The van der Waals surface area contributed by atoms with Crippen molar-refractivity contribution < 1.29 is 28.7 Å². The molecule has 0 spiro atoms. The Kier molecular flexibility index (Phi) is 3.98. The zero-order valence-corrected chi connectivity index (χ0v) is 11.6. The van der Waals surface area contributed by atoms with Crippen molar-refractivity contribution in [3.8, 4) is 5.75 Å². The van der Waals surface area contributed by atoms with E-state index in [0.29, 0.717) is 0 Å². The molecule has 0 aromatic heterocycles. The smallest absolute Gasteiger partial charge is 0.345 e. The van der Waals surface area contributed by atoms with E-state index in [1.54, 1.807) is 0 Å². The molecule has 2 rings (SSSR count). The SMILES string of the molecule is COC(=O)C1(F)CCN(C(=O)c2cc(O)ccc2[N+](=O)[O-])C1. The lowest BCUT2D eigenvalue weighted by Gasteiger charge is -2.19. The van der Waals surface area contributed by atoms with E-state index in [4.69, 9.17) is 0 Å². The second-order valence-electron chi connectivity index (χ2n) is 4.89. The Morgan fingerprint density at radius 2 is 2.18 bits per heavy atom. The first-order valence-corrected chi connectivity index (χ1v) is 6.32. The average molecular weight is 312 g/mol. The number of nitrogens with zero attached hydrogens (tertiary/aromatic N) is 2. The minimum Gasteiger partial charge on any atom is -0.508 e. The number of hydrogen-bond donors (Lipinski definition) is 1. The number of benzene rings is 1. The summed E-state index contributed by atoms with van der Waals surface area (Å²) in [5.74, 6) is -2.24. The normalized spacial score (nSPS) is 20.7. The first-order valence-electron chi connectivity index (χ1n) is 6.32. The van der Waals surface area contributed by atoms with Crippen LogP contribution < -0.4 is 0 Å². The summed E-state index contributed by atoms with van der Waals surface area (Å²) in [6, 6.07) is 3.01. The summed E-state index contributed by atoms with van der Waals surface area (Å²) in [7, 11) is 1.04. The highest BCUT2D eigenvalue weighted by molar-refractivity contribution is 5.99. The number of methoxy groups -OCH3 is 1. The molecule has 1 aliphatic heterocycles. The summed E-state index contributed by atoms with van der Waals surface area (Å²) in [4.78, 5) is 34.9. The van der Waals surface area contributed by atoms with Crippen LogP contribution in [0.15, 0.2) is 18.2 Å². The van der Waals surface area contributed by atoms with Crippen LogP contribution in [0.2, 0.25) is 0 Å². The predicted octanol–water partition coefficient (Wildman–Crippen LogP) is 1.03. The average Bonchev–Trinajstić information content (AvgIpc) is 2.89. The summed E-state index contributed by atoms with van der Waals surface area (Å²) in [5, 5.41) is 20.3. The Labute approximate surface area is 124 Å². The van der Waals surface area contributed by atoms with Gasteiger partial charge in [0.15, 0.2) is 0 Å². The summed E-state index contributed by atoms with van der Waals surface area (Å²) in [5.41, 5.74) is -3.19. The lowest BCUT2D eigenvalue weighted by atomic mass is 10.1. The number of carbonyl (C=O) groups is 2. The summed E-state index contributed by atoms with van der Waals surface area (Å²) in [6.45, 7) is -0.636. The lowest BCUT2D eigenvalue weighted by molar-refractivity contribution is -0.385. The van der Waals surface area contributed by atoms with E-state index < -0.39 is 34.7 Å². The molecule has 8 nitrogen and oxygen atoms in total. The van der Waals surface area contributed by atoms with Gasteiger partial charge in [-0.25, -0.2) is 9.18 Å². The minimum atomic E-state index is -2.32. The fourth-order valence-electron chi connectivity index (χ4n) is 2.32. The maximum Gasteiger partial charge on any atom is 0.345 e. The molecule has 0 radical (unpaired) electrons. The van der Waals surface area contributed by atoms with Crippen LogP contribution >= 0.6 is 0 Å². The van der Waals surface area contributed by atoms with Crippen LogP contribution in [-0.4, -0.2) is 52.7 Å². The number of halogens is 1. The second kappa shape index (κ2) is 5.58. The number of phenolic OH excluding ortho intramolecular Hbond substituents is 1. The number of likely N-dealkylation sites (tertiary alicyclic amines) is 1. The molecule has 1 heterocycles. The third-order valence-corrected chi connectivity index (χ3v) is 3.47. The highest BCUT2D eigenvalue weighted by Crippen LogP contribution is 2.31. The van der Waals surface area contributed by atoms with Crippen molar-refractivity contribution in [3.63, 3.8) is 0 Å². The van der Waals surface area contributed by atoms with Crippen molar-refractivity contribution in [1.82, 2.24) is 4.90 Å². The Hall–Kier alpha value is -2.71. The largest absolute Gasteiger partial charge is 0.508 e. The third kappa shape index (κ3) is 2.69. The first kappa shape index (κ1) is 15.7. The van der Waals surface area contributed by atoms with E-state index in [1.807, 2.05) is 0 Å². The Bertz CT molecular complexity index is 649. The Morgan fingerprint density at radius 3 is 2.77 bits per heavy atom. The number of esters is 1. The fourth-order valence-corrected chi connectivity index (χ4v) is 2.32. The van der Waals surface area contributed by atoms with Crippen LogP contribution in [0.25, 0.3) is 0 Å². The van der Waals surface area contributed by atoms with Gasteiger partial charge in [-0.05, 0) is 12.1 Å². The van der Waals surface area contributed by atoms with Gasteiger partial charge in [-0.2, -0.15) is 0 Å². The molecule has 1 N–H and O–H groups in total. The monoisotopic (exact) mass is 312 g/mol. The van der Waals surface area contributed by atoms with Crippen molar-refractivity contribution in [2.24, 2.45) is 0 Å². The number of nitro groups is 1. The Morgan fingerprint density at radius 1 is 1.50 bits per heavy atom. The molecule has 1 saturated heterocycles. The van der Waals surface area contributed by atoms with Gasteiger partial charge in [-0.1, -0.05) is 0 Å². The van der Waals surface area contributed by atoms with Gasteiger partial charge in [-0.3, -0.25) is 14.9 Å². The number of ether oxygens (including phenoxy) is 1. The van der Waals surface area contributed by atoms with E-state index in [-0.39, 0.29) is 24.3 Å². The molecule has 0 bridgehead atoms. The maximum atomic E-state index is 14.3. The van der Waals surface area contributed by atoms with Gasteiger partial charge in [0.1, 0.15) is 11.3 Å². The van der Waals surface area contributed by atoms with Gasteiger partial charge in [0.2, 0.25) is 5.67 Å². The van der Waals surface area contributed by atoms with Crippen molar-refractivity contribution in [2.45, 2.75) is 12.1 Å². The molecule has 1 unspecified atom stereocenters. The van der Waals surface area contributed by atoms with Crippen LogP contribution in [0.3, 0.4) is 0 Å². The van der Waals surface area contributed by atoms with Gasteiger partial charge in [0.05, 0.1) is 18.6 Å².